The van der Waals surface area contributed by atoms with Gasteiger partial charge in [-0.1, -0.05) is 13.8 Å². The number of Topliss-reactive ketones (excluding diaryl/α,β-unsaturated/α-hetero) is 1. The van der Waals surface area contributed by atoms with E-state index in [9.17, 15) is 4.79 Å². The molecule has 0 spiro atoms. The molecule has 0 bridgehead atoms. The molecule has 1 aliphatic rings. The van der Waals surface area contributed by atoms with Gasteiger partial charge in [0.25, 0.3) is 0 Å². The van der Waals surface area contributed by atoms with Crippen LogP contribution in [0.2, 0.25) is 0 Å². The number of carbonyl (C=O) groups excluding carboxylic acids is 1. The van der Waals surface area contributed by atoms with Crippen LogP contribution >= 0.6 is 0 Å². The maximum Gasteiger partial charge on any atom is 0.143 e. The topological polar surface area (TPSA) is 46.5 Å². The standard InChI is InChI=1S/C11H20O3/c1-11(2,8-12)10(13)7-9-5-3-4-6-14-9/h9,12H,3-8H2,1-2H3. The predicted octanol–water partition coefficient (Wildman–Crippen LogP) is 1.53. The second-order valence-electron chi connectivity index (χ2n) is 4.66. The van der Waals surface area contributed by atoms with Gasteiger partial charge in [0, 0.05) is 18.4 Å². The second kappa shape index (κ2) is 4.89. The maximum absolute atomic E-state index is 11.7. The summed E-state index contributed by atoms with van der Waals surface area (Å²) in [6.45, 7) is 4.24. The number of carbonyl (C=O) groups is 1. The lowest BCUT2D eigenvalue weighted by Gasteiger charge is -2.26. The number of ether oxygens (including phenoxy) is 1. The van der Waals surface area contributed by atoms with Gasteiger partial charge in [0.2, 0.25) is 0 Å². The van der Waals surface area contributed by atoms with Crippen LogP contribution in [-0.4, -0.2) is 30.2 Å². The first-order valence-corrected chi connectivity index (χ1v) is 5.32. The van der Waals surface area contributed by atoms with Gasteiger partial charge in [0.1, 0.15) is 5.78 Å². The second-order valence-corrected chi connectivity index (χ2v) is 4.66. The SMILES string of the molecule is CC(C)(CO)C(=O)CC1CCCCO1. The van der Waals surface area contributed by atoms with Crippen LogP contribution in [0, 0.1) is 5.41 Å². The van der Waals surface area contributed by atoms with Gasteiger partial charge in [0.05, 0.1) is 12.7 Å². The Kier molecular flexibility index (Phi) is 4.08. The van der Waals surface area contributed by atoms with E-state index < -0.39 is 5.41 Å². The lowest BCUT2D eigenvalue weighted by molar-refractivity contribution is -0.132. The molecule has 82 valence electrons. The summed E-state index contributed by atoms with van der Waals surface area (Å²) in [5.41, 5.74) is -0.610. The molecule has 1 aliphatic heterocycles. The van der Waals surface area contributed by atoms with Gasteiger partial charge in [0.15, 0.2) is 0 Å². The largest absolute Gasteiger partial charge is 0.395 e. The normalized spacial score (nSPS) is 23.5. The first kappa shape index (κ1) is 11.7. The zero-order valence-electron chi connectivity index (χ0n) is 9.08. The summed E-state index contributed by atoms with van der Waals surface area (Å²) in [4.78, 5) is 11.7. The molecule has 1 fully saturated rings. The number of aliphatic hydroxyl groups excluding tert-OH is 1. The molecule has 3 heteroatoms. The Hall–Kier alpha value is -0.410. The fourth-order valence-corrected chi connectivity index (χ4v) is 1.54. The van der Waals surface area contributed by atoms with Gasteiger partial charge in [-0.15, -0.1) is 0 Å². The van der Waals surface area contributed by atoms with Crippen LogP contribution in [0.15, 0.2) is 0 Å². The average molecular weight is 200 g/mol. The van der Waals surface area contributed by atoms with Gasteiger partial charge in [-0.3, -0.25) is 4.79 Å². The van der Waals surface area contributed by atoms with Gasteiger partial charge in [-0.2, -0.15) is 0 Å². The molecule has 0 aromatic carbocycles. The number of hydrogen-bond donors (Lipinski definition) is 1. The Bertz CT molecular complexity index is 193. The van der Waals surface area contributed by atoms with Crippen molar-refractivity contribution in [2.24, 2.45) is 5.41 Å². The molecule has 1 heterocycles. The van der Waals surface area contributed by atoms with E-state index in [1.54, 1.807) is 13.8 Å². The fraction of sp³-hybridized carbons (Fsp3) is 0.909. The van der Waals surface area contributed by atoms with E-state index in [0.29, 0.717) is 6.42 Å². The molecule has 0 aliphatic carbocycles. The van der Waals surface area contributed by atoms with E-state index in [0.717, 1.165) is 25.9 Å². The van der Waals surface area contributed by atoms with Crippen molar-refractivity contribution < 1.29 is 14.6 Å². The molecule has 1 saturated heterocycles. The smallest absolute Gasteiger partial charge is 0.143 e. The Morgan fingerprint density at radius 3 is 2.71 bits per heavy atom. The molecule has 1 atom stereocenters. The van der Waals surface area contributed by atoms with Gasteiger partial charge < -0.3 is 9.84 Å². The van der Waals surface area contributed by atoms with Gasteiger partial charge >= 0.3 is 0 Å². The van der Waals surface area contributed by atoms with Crippen LogP contribution in [0.3, 0.4) is 0 Å². The number of ketones is 1. The molecular weight excluding hydrogens is 180 g/mol. The highest BCUT2D eigenvalue weighted by Gasteiger charge is 2.29. The molecule has 14 heavy (non-hydrogen) atoms. The molecule has 0 radical (unpaired) electrons. The minimum Gasteiger partial charge on any atom is -0.395 e. The summed E-state index contributed by atoms with van der Waals surface area (Å²) in [6.07, 6.45) is 3.77. The fourth-order valence-electron chi connectivity index (χ4n) is 1.54. The van der Waals surface area contributed by atoms with Gasteiger partial charge in [-0.05, 0) is 19.3 Å². The van der Waals surface area contributed by atoms with E-state index in [4.69, 9.17) is 9.84 Å². The van der Waals surface area contributed by atoms with Crippen molar-refractivity contribution in [1.29, 1.82) is 0 Å². The highest BCUT2D eigenvalue weighted by molar-refractivity contribution is 5.84. The Morgan fingerprint density at radius 2 is 2.21 bits per heavy atom. The quantitative estimate of drug-likeness (QED) is 0.748. The molecular formula is C11H20O3. The van der Waals surface area contributed by atoms with E-state index in [2.05, 4.69) is 0 Å². The van der Waals surface area contributed by atoms with Crippen molar-refractivity contribution in [2.45, 2.75) is 45.6 Å². The first-order chi connectivity index (χ1) is 6.56. The third-order valence-electron chi connectivity index (χ3n) is 2.84. The molecule has 3 nitrogen and oxygen atoms in total. The van der Waals surface area contributed by atoms with Crippen LogP contribution in [0.1, 0.15) is 39.5 Å². The Balaban J connectivity index is 2.39. The lowest BCUT2D eigenvalue weighted by atomic mass is 9.85. The zero-order valence-corrected chi connectivity index (χ0v) is 9.08. The predicted molar refractivity (Wildman–Crippen MR) is 54.1 cm³/mol. The molecule has 0 aromatic heterocycles. The lowest BCUT2D eigenvalue weighted by Crippen LogP contribution is -2.33. The van der Waals surface area contributed by atoms with E-state index in [-0.39, 0.29) is 18.5 Å². The summed E-state index contributed by atoms with van der Waals surface area (Å²) >= 11 is 0. The third-order valence-corrected chi connectivity index (χ3v) is 2.84. The summed E-state index contributed by atoms with van der Waals surface area (Å²) in [6, 6.07) is 0. The summed E-state index contributed by atoms with van der Waals surface area (Å²) < 4.78 is 5.49. The van der Waals surface area contributed by atoms with Crippen molar-refractivity contribution in [2.75, 3.05) is 13.2 Å². The van der Waals surface area contributed by atoms with Crippen LogP contribution in [0.25, 0.3) is 0 Å². The van der Waals surface area contributed by atoms with Crippen LogP contribution in [0.5, 0.6) is 0 Å². The monoisotopic (exact) mass is 200 g/mol. The van der Waals surface area contributed by atoms with Crippen LogP contribution in [0.4, 0.5) is 0 Å². The van der Waals surface area contributed by atoms with Crippen molar-refractivity contribution in [3.63, 3.8) is 0 Å². The van der Waals surface area contributed by atoms with E-state index >= 15 is 0 Å². The maximum atomic E-state index is 11.7. The molecule has 0 saturated carbocycles. The highest BCUT2D eigenvalue weighted by Crippen LogP contribution is 2.23. The van der Waals surface area contributed by atoms with Crippen molar-refractivity contribution in [3.05, 3.63) is 0 Å². The Morgan fingerprint density at radius 1 is 1.50 bits per heavy atom. The van der Waals surface area contributed by atoms with E-state index in [1.165, 1.54) is 0 Å². The van der Waals surface area contributed by atoms with Crippen molar-refractivity contribution in [3.8, 4) is 0 Å². The minimum atomic E-state index is -0.610. The summed E-state index contributed by atoms with van der Waals surface area (Å²) in [5, 5.41) is 9.03. The first-order valence-electron chi connectivity index (χ1n) is 5.32. The average Bonchev–Trinajstić information content (AvgIpc) is 2.19. The molecule has 1 unspecified atom stereocenters. The molecule has 0 aromatic rings. The Labute approximate surface area is 85.5 Å². The number of rotatable bonds is 4. The van der Waals surface area contributed by atoms with Crippen LogP contribution in [-0.2, 0) is 9.53 Å². The van der Waals surface area contributed by atoms with Crippen LogP contribution < -0.4 is 0 Å². The molecule has 1 rings (SSSR count). The highest BCUT2D eigenvalue weighted by atomic mass is 16.5. The minimum absolute atomic E-state index is 0.0848. The van der Waals surface area contributed by atoms with Crippen molar-refractivity contribution in [1.82, 2.24) is 0 Å². The summed E-state index contributed by atoms with van der Waals surface area (Å²) in [7, 11) is 0. The zero-order chi connectivity index (χ0) is 10.6. The van der Waals surface area contributed by atoms with E-state index in [1.807, 2.05) is 0 Å². The van der Waals surface area contributed by atoms with Gasteiger partial charge in [-0.25, -0.2) is 0 Å². The molecule has 0 amide bonds. The molecule has 1 N–H and O–H groups in total. The van der Waals surface area contributed by atoms with Crippen molar-refractivity contribution >= 4 is 5.78 Å². The number of aliphatic hydroxyl groups is 1. The summed E-state index contributed by atoms with van der Waals surface area (Å²) in [5.74, 6) is 0.104. The number of hydrogen-bond acceptors (Lipinski definition) is 3. The third kappa shape index (κ3) is 3.07.